The number of benzene rings is 3. The van der Waals surface area contributed by atoms with Gasteiger partial charge in [0.15, 0.2) is 11.5 Å². The highest BCUT2D eigenvalue weighted by Gasteiger charge is 2.27. The minimum absolute atomic E-state index is 0.0633. The number of phenolic OH excluding ortho intramolecular Hbond substituents is 2. The Labute approximate surface area is 219 Å². The molecule has 9 heteroatoms. The summed E-state index contributed by atoms with van der Waals surface area (Å²) < 4.78 is 25.6. The van der Waals surface area contributed by atoms with E-state index in [9.17, 15) is 19.4 Å². The molecule has 1 saturated heterocycles. The monoisotopic (exact) mass is 518 g/mol. The molecule has 8 nitrogen and oxygen atoms in total. The average Bonchev–Trinajstić information content (AvgIpc) is 3.36. The van der Waals surface area contributed by atoms with Gasteiger partial charge in [-0.2, -0.15) is 0 Å². The highest BCUT2D eigenvalue weighted by Crippen LogP contribution is 2.44. The third kappa shape index (κ3) is 5.11. The number of carbonyl (C=O) groups excluding carboxylic acids is 1. The number of halogens is 1. The van der Waals surface area contributed by atoms with Crippen LogP contribution in [0.5, 0.6) is 11.5 Å². The van der Waals surface area contributed by atoms with Crippen molar-refractivity contribution in [3.05, 3.63) is 77.7 Å². The molecule has 0 radical (unpaired) electrons. The van der Waals surface area contributed by atoms with Crippen molar-refractivity contribution in [2.75, 3.05) is 32.8 Å². The van der Waals surface area contributed by atoms with Crippen molar-refractivity contribution in [2.24, 2.45) is 0 Å². The van der Waals surface area contributed by atoms with Gasteiger partial charge in [0, 0.05) is 29.3 Å². The molecule has 5 rings (SSSR count). The van der Waals surface area contributed by atoms with Gasteiger partial charge in [-0.15, -0.1) is 0 Å². The van der Waals surface area contributed by atoms with Gasteiger partial charge in [-0.3, -0.25) is 4.79 Å². The van der Waals surface area contributed by atoms with Crippen molar-refractivity contribution in [3.8, 4) is 45.1 Å². The molecular weight excluding hydrogens is 489 g/mol. The van der Waals surface area contributed by atoms with Crippen LogP contribution in [0, 0.1) is 5.82 Å². The van der Waals surface area contributed by atoms with Gasteiger partial charge in [0.1, 0.15) is 37.0 Å². The first kappa shape index (κ1) is 25.4. The van der Waals surface area contributed by atoms with Crippen molar-refractivity contribution in [1.29, 1.82) is 0 Å². The van der Waals surface area contributed by atoms with E-state index in [2.05, 4.69) is 10.5 Å². The summed E-state index contributed by atoms with van der Waals surface area (Å²) >= 11 is 0. The number of rotatable bonds is 7. The van der Waals surface area contributed by atoms with Crippen LogP contribution < -0.4 is 10.2 Å². The smallest absolute Gasteiger partial charge is 0.274 e. The second kappa shape index (κ2) is 11.0. The Balaban J connectivity index is 1.59. The van der Waals surface area contributed by atoms with E-state index in [0.29, 0.717) is 17.7 Å². The number of quaternary nitrogens is 1. The summed E-state index contributed by atoms with van der Waals surface area (Å²) in [7, 11) is 0. The highest BCUT2D eigenvalue weighted by molar-refractivity contribution is 6.03. The molecular formula is C29H29FN3O5+. The summed E-state index contributed by atoms with van der Waals surface area (Å²) in [5.41, 5.74) is 2.75. The summed E-state index contributed by atoms with van der Waals surface area (Å²) in [5, 5.41) is 28.1. The number of hydrogen-bond donors (Lipinski definition) is 4. The average molecular weight is 519 g/mol. The van der Waals surface area contributed by atoms with E-state index < -0.39 is 11.7 Å². The maximum absolute atomic E-state index is 14.6. The summed E-state index contributed by atoms with van der Waals surface area (Å²) in [5.74, 6) is -1.41. The molecule has 1 aliphatic rings. The number of morpholine rings is 1. The second-order valence-electron chi connectivity index (χ2n) is 9.20. The van der Waals surface area contributed by atoms with Gasteiger partial charge in [0.25, 0.3) is 5.91 Å². The normalized spacial score (nSPS) is 13.9. The summed E-state index contributed by atoms with van der Waals surface area (Å²) in [4.78, 5) is 14.3. The molecule has 0 saturated carbocycles. The molecule has 0 bridgehead atoms. The molecule has 1 aliphatic heterocycles. The molecule has 196 valence electrons. The van der Waals surface area contributed by atoms with E-state index in [1.807, 2.05) is 24.3 Å². The largest absolute Gasteiger partial charge is 0.507 e. The Kier molecular flexibility index (Phi) is 7.39. The number of nitrogens with one attached hydrogen (secondary N) is 2. The van der Waals surface area contributed by atoms with E-state index in [1.165, 1.54) is 23.1 Å². The molecule has 1 aromatic heterocycles. The number of phenols is 2. The summed E-state index contributed by atoms with van der Waals surface area (Å²) in [6, 6.07) is 16.4. The molecule has 0 spiro atoms. The number of aromatic nitrogens is 1. The first-order valence-corrected chi connectivity index (χ1v) is 12.6. The Morgan fingerprint density at radius 2 is 1.71 bits per heavy atom. The van der Waals surface area contributed by atoms with Crippen LogP contribution >= 0.6 is 0 Å². The van der Waals surface area contributed by atoms with Crippen LogP contribution in [0.4, 0.5) is 4.39 Å². The fourth-order valence-electron chi connectivity index (χ4n) is 4.71. The van der Waals surface area contributed by atoms with Gasteiger partial charge in [0.05, 0.1) is 24.3 Å². The number of hydrogen-bond acceptors (Lipinski definition) is 6. The quantitative estimate of drug-likeness (QED) is 0.299. The third-order valence-corrected chi connectivity index (χ3v) is 6.66. The van der Waals surface area contributed by atoms with Gasteiger partial charge in [-0.05, 0) is 24.6 Å². The minimum Gasteiger partial charge on any atom is -0.507 e. The zero-order valence-corrected chi connectivity index (χ0v) is 21.0. The molecule has 0 unspecified atom stereocenters. The van der Waals surface area contributed by atoms with Gasteiger partial charge < -0.3 is 29.7 Å². The van der Waals surface area contributed by atoms with Gasteiger partial charge in [-0.25, -0.2) is 4.39 Å². The predicted octanol–water partition coefficient (Wildman–Crippen LogP) is 3.39. The number of aromatic hydroxyl groups is 2. The van der Waals surface area contributed by atoms with E-state index in [0.717, 1.165) is 44.5 Å². The standard InChI is InChI=1S/C29H28FN3O5/c1-2-31-29(36)27-26(19-9-7-18(8-10-19)17-33-11-13-37-14-12-33)28(38-32-27)22-15-21(24(34)16-25(22)35)20-5-3-4-6-23(20)30/h3-10,15-16,34-35H,2,11-14,17H2,1H3,(H,31,36)/p+1. The number of carbonyl (C=O) groups is 1. The number of ether oxygens (including phenoxy) is 1. The molecule has 2 heterocycles. The van der Waals surface area contributed by atoms with Crippen LogP contribution in [-0.2, 0) is 11.3 Å². The molecule has 38 heavy (non-hydrogen) atoms. The zero-order chi connectivity index (χ0) is 26.6. The van der Waals surface area contributed by atoms with Crippen LogP contribution in [-0.4, -0.2) is 54.1 Å². The van der Waals surface area contributed by atoms with E-state index in [-0.39, 0.29) is 39.6 Å². The van der Waals surface area contributed by atoms with Crippen LogP contribution in [0.3, 0.4) is 0 Å². The second-order valence-corrected chi connectivity index (χ2v) is 9.20. The molecule has 4 N–H and O–H groups in total. The van der Waals surface area contributed by atoms with E-state index in [4.69, 9.17) is 9.26 Å². The summed E-state index contributed by atoms with van der Waals surface area (Å²) in [6.45, 7) is 6.44. The zero-order valence-electron chi connectivity index (χ0n) is 21.0. The Morgan fingerprint density at radius 3 is 2.42 bits per heavy atom. The third-order valence-electron chi connectivity index (χ3n) is 6.66. The van der Waals surface area contributed by atoms with Gasteiger partial charge >= 0.3 is 0 Å². The van der Waals surface area contributed by atoms with Gasteiger partial charge in [0.2, 0.25) is 0 Å². The van der Waals surface area contributed by atoms with E-state index >= 15 is 0 Å². The number of amides is 1. The fourth-order valence-corrected chi connectivity index (χ4v) is 4.71. The lowest BCUT2D eigenvalue weighted by Crippen LogP contribution is -3.12. The van der Waals surface area contributed by atoms with Crippen LogP contribution in [0.25, 0.3) is 33.6 Å². The van der Waals surface area contributed by atoms with Crippen molar-refractivity contribution >= 4 is 5.91 Å². The van der Waals surface area contributed by atoms with Crippen molar-refractivity contribution in [2.45, 2.75) is 13.5 Å². The first-order valence-electron chi connectivity index (χ1n) is 12.6. The number of nitrogens with zero attached hydrogens (tertiary/aromatic N) is 1. The lowest BCUT2D eigenvalue weighted by molar-refractivity contribution is -0.921. The topological polar surface area (TPSA) is 109 Å². The lowest BCUT2D eigenvalue weighted by Gasteiger charge is -2.23. The van der Waals surface area contributed by atoms with Crippen molar-refractivity contribution < 1.29 is 33.6 Å². The summed E-state index contributed by atoms with van der Waals surface area (Å²) in [6.07, 6.45) is 0. The predicted molar refractivity (Wildman–Crippen MR) is 139 cm³/mol. The maximum atomic E-state index is 14.6. The molecule has 0 atom stereocenters. The van der Waals surface area contributed by atoms with E-state index in [1.54, 1.807) is 19.1 Å². The maximum Gasteiger partial charge on any atom is 0.274 e. The molecule has 4 aromatic rings. The Hall–Kier alpha value is -4.21. The SMILES string of the molecule is CCNC(=O)c1noc(-c2cc(-c3ccccc3F)c(O)cc2O)c1-c1ccc(C[NH+]2CCOCC2)cc1. The molecule has 3 aromatic carbocycles. The fraction of sp³-hybridized carbons (Fsp3) is 0.241. The Morgan fingerprint density at radius 1 is 1.00 bits per heavy atom. The van der Waals surface area contributed by atoms with Gasteiger partial charge in [-0.1, -0.05) is 47.6 Å². The molecule has 0 aliphatic carbocycles. The lowest BCUT2D eigenvalue weighted by atomic mass is 9.94. The van der Waals surface area contributed by atoms with Crippen LogP contribution in [0.15, 0.2) is 65.2 Å². The van der Waals surface area contributed by atoms with Crippen LogP contribution in [0.1, 0.15) is 23.0 Å². The van der Waals surface area contributed by atoms with Crippen molar-refractivity contribution in [3.63, 3.8) is 0 Å². The highest BCUT2D eigenvalue weighted by atomic mass is 19.1. The molecule has 1 fully saturated rings. The minimum atomic E-state index is -0.529. The first-order chi connectivity index (χ1) is 18.5. The Bertz CT molecular complexity index is 1450. The van der Waals surface area contributed by atoms with Crippen LogP contribution in [0.2, 0.25) is 0 Å². The van der Waals surface area contributed by atoms with Crippen molar-refractivity contribution in [1.82, 2.24) is 10.5 Å². The molecule has 1 amide bonds.